The molecule has 1 aromatic carbocycles. The number of rotatable bonds is 5. The Morgan fingerprint density at radius 2 is 1.63 bits per heavy atom. The molecule has 2 fully saturated rings. The molecule has 8 heteroatoms. The Kier molecular flexibility index (Phi) is 6.15. The SMILES string of the molecule is CN(C)C(=O)CN1CCCN(CC(=O)Nc2ccc3c(c2)OC2(CCCC2)O3)CC1. The van der Waals surface area contributed by atoms with Crippen molar-refractivity contribution in [3.8, 4) is 11.5 Å². The third-order valence-corrected chi connectivity index (χ3v) is 6.09. The van der Waals surface area contributed by atoms with Gasteiger partial charge in [-0.2, -0.15) is 0 Å². The van der Waals surface area contributed by atoms with E-state index in [-0.39, 0.29) is 11.8 Å². The van der Waals surface area contributed by atoms with Crippen molar-refractivity contribution in [1.82, 2.24) is 14.7 Å². The van der Waals surface area contributed by atoms with Gasteiger partial charge < -0.3 is 19.7 Å². The first-order valence-electron chi connectivity index (χ1n) is 10.9. The number of carbonyl (C=O) groups is 2. The van der Waals surface area contributed by atoms with E-state index in [1.807, 2.05) is 18.2 Å². The number of ether oxygens (including phenoxy) is 2. The van der Waals surface area contributed by atoms with Gasteiger partial charge in [-0.1, -0.05) is 0 Å². The first-order chi connectivity index (χ1) is 14.4. The highest BCUT2D eigenvalue weighted by Gasteiger charge is 2.44. The molecule has 0 radical (unpaired) electrons. The van der Waals surface area contributed by atoms with Crippen LogP contribution in [0.4, 0.5) is 5.69 Å². The van der Waals surface area contributed by atoms with Crippen LogP contribution in [-0.4, -0.2) is 85.7 Å². The van der Waals surface area contributed by atoms with Crippen molar-refractivity contribution in [2.24, 2.45) is 0 Å². The lowest BCUT2D eigenvalue weighted by molar-refractivity contribution is -0.130. The number of hydrogen-bond acceptors (Lipinski definition) is 6. The van der Waals surface area contributed by atoms with Crippen molar-refractivity contribution in [2.75, 3.05) is 58.7 Å². The molecule has 1 N–H and O–H groups in total. The minimum atomic E-state index is -0.489. The summed E-state index contributed by atoms with van der Waals surface area (Å²) in [7, 11) is 3.56. The summed E-state index contributed by atoms with van der Waals surface area (Å²) in [6.07, 6.45) is 5.01. The predicted octanol–water partition coefficient (Wildman–Crippen LogP) is 1.76. The summed E-state index contributed by atoms with van der Waals surface area (Å²) in [5.74, 6) is 1.06. The van der Waals surface area contributed by atoms with Crippen LogP contribution in [0.5, 0.6) is 11.5 Å². The number of amides is 2. The molecule has 1 saturated heterocycles. The van der Waals surface area contributed by atoms with E-state index >= 15 is 0 Å². The number of benzene rings is 1. The molecule has 30 heavy (non-hydrogen) atoms. The van der Waals surface area contributed by atoms with Crippen LogP contribution in [0.2, 0.25) is 0 Å². The number of anilines is 1. The Morgan fingerprint density at radius 1 is 0.967 bits per heavy atom. The zero-order valence-corrected chi connectivity index (χ0v) is 18.0. The maximum Gasteiger partial charge on any atom is 0.251 e. The van der Waals surface area contributed by atoms with Crippen LogP contribution in [0.15, 0.2) is 18.2 Å². The largest absolute Gasteiger partial charge is 0.448 e. The number of nitrogens with zero attached hydrogens (tertiary/aromatic N) is 3. The number of carbonyl (C=O) groups excluding carboxylic acids is 2. The van der Waals surface area contributed by atoms with Crippen molar-refractivity contribution >= 4 is 17.5 Å². The predicted molar refractivity (Wildman–Crippen MR) is 114 cm³/mol. The summed E-state index contributed by atoms with van der Waals surface area (Å²) in [6, 6.07) is 5.60. The van der Waals surface area contributed by atoms with Crippen molar-refractivity contribution in [3.05, 3.63) is 18.2 Å². The standard InChI is InChI=1S/C22H32N4O4/c1-24(2)21(28)16-26-11-5-10-25(12-13-26)15-20(27)23-17-6-7-18-19(14-17)30-22(29-18)8-3-4-9-22/h6-7,14H,3-5,8-13,15-16H2,1-2H3,(H,23,27). The van der Waals surface area contributed by atoms with Crippen LogP contribution in [-0.2, 0) is 9.59 Å². The molecule has 2 amide bonds. The number of likely N-dealkylation sites (N-methyl/N-ethyl adjacent to an activating group) is 1. The fraction of sp³-hybridized carbons (Fsp3) is 0.636. The Bertz CT molecular complexity index is 791. The fourth-order valence-corrected chi connectivity index (χ4v) is 4.37. The highest BCUT2D eigenvalue weighted by Crippen LogP contribution is 2.47. The lowest BCUT2D eigenvalue weighted by atomic mass is 10.2. The van der Waals surface area contributed by atoms with Gasteiger partial charge in [0.25, 0.3) is 5.79 Å². The van der Waals surface area contributed by atoms with Gasteiger partial charge in [-0.25, -0.2) is 0 Å². The summed E-state index contributed by atoms with van der Waals surface area (Å²) in [6.45, 7) is 4.07. The lowest BCUT2D eigenvalue weighted by Crippen LogP contribution is -2.39. The van der Waals surface area contributed by atoms with Crippen LogP contribution in [0.3, 0.4) is 0 Å². The van der Waals surface area contributed by atoms with E-state index in [0.717, 1.165) is 69.7 Å². The van der Waals surface area contributed by atoms with Gasteiger partial charge in [-0.05, 0) is 44.5 Å². The minimum absolute atomic E-state index is 0.0396. The van der Waals surface area contributed by atoms with Gasteiger partial charge >= 0.3 is 0 Å². The van der Waals surface area contributed by atoms with Crippen molar-refractivity contribution in [1.29, 1.82) is 0 Å². The fourth-order valence-electron chi connectivity index (χ4n) is 4.37. The van der Waals surface area contributed by atoms with E-state index in [4.69, 9.17) is 9.47 Å². The topological polar surface area (TPSA) is 74.4 Å². The molecule has 1 aromatic rings. The van der Waals surface area contributed by atoms with Crippen LogP contribution in [0, 0.1) is 0 Å². The summed E-state index contributed by atoms with van der Waals surface area (Å²) in [4.78, 5) is 30.5. The van der Waals surface area contributed by atoms with Crippen LogP contribution in [0.1, 0.15) is 32.1 Å². The molecule has 1 saturated carbocycles. The Labute approximate surface area is 178 Å². The van der Waals surface area contributed by atoms with Gasteiger partial charge in [0, 0.05) is 51.8 Å². The van der Waals surface area contributed by atoms with Crippen LogP contribution >= 0.6 is 0 Å². The first-order valence-corrected chi connectivity index (χ1v) is 10.9. The van der Waals surface area contributed by atoms with E-state index < -0.39 is 5.79 Å². The Hall–Kier alpha value is -2.32. The molecule has 8 nitrogen and oxygen atoms in total. The van der Waals surface area contributed by atoms with Gasteiger partial charge in [0.15, 0.2) is 11.5 Å². The molecular weight excluding hydrogens is 384 g/mol. The zero-order chi connectivity index (χ0) is 21.1. The molecule has 0 atom stereocenters. The quantitative estimate of drug-likeness (QED) is 0.789. The second-order valence-electron chi connectivity index (χ2n) is 8.73. The van der Waals surface area contributed by atoms with E-state index in [9.17, 15) is 9.59 Å². The second kappa shape index (κ2) is 8.81. The third kappa shape index (κ3) is 4.87. The highest BCUT2D eigenvalue weighted by atomic mass is 16.7. The maximum atomic E-state index is 12.6. The average Bonchev–Trinajstić information content (AvgIpc) is 3.23. The third-order valence-electron chi connectivity index (χ3n) is 6.09. The molecule has 164 valence electrons. The van der Waals surface area contributed by atoms with Crippen molar-refractivity contribution in [3.63, 3.8) is 0 Å². The molecule has 2 aliphatic heterocycles. The second-order valence-corrected chi connectivity index (χ2v) is 8.73. The molecule has 3 aliphatic rings. The Morgan fingerprint density at radius 3 is 2.33 bits per heavy atom. The van der Waals surface area contributed by atoms with Gasteiger partial charge in [-0.15, -0.1) is 0 Å². The van der Waals surface area contributed by atoms with Gasteiger partial charge in [0.2, 0.25) is 11.8 Å². The van der Waals surface area contributed by atoms with Gasteiger partial charge in [0.05, 0.1) is 13.1 Å². The smallest absolute Gasteiger partial charge is 0.251 e. The highest BCUT2D eigenvalue weighted by molar-refractivity contribution is 5.92. The van der Waals surface area contributed by atoms with E-state index in [2.05, 4.69) is 15.1 Å². The number of fused-ring (bicyclic) bond motifs is 1. The van der Waals surface area contributed by atoms with E-state index in [1.165, 1.54) is 0 Å². The first kappa shape index (κ1) is 20.9. The lowest BCUT2D eigenvalue weighted by Gasteiger charge is -2.22. The zero-order valence-electron chi connectivity index (χ0n) is 18.0. The molecule has 1 spiro atoms. The van der Waals surface area contributed by atoms with Crippen LogP contribution in [0.25, 0.3) is 0 Å². The molecule has 2 heterocycles. The summed E-state index contributed by atoms with van der Waals surface area (Å²) < 4.78 is 12.1. The van der Waals surface area contributed by atoms with Gasteiger partial charge in [0.1, 0.15) is 0 Å². The summed E-state index contributed by atoms with van der Waals surface area (Å²) in [5.41, 5.74) is 0.727. The molecule has 0 aromatic heterocycles. The van der Waals surface area contributed by atoms with E-state index in [0.29, 0.717) is 18.8 Å². The number of nitrogens with one attached hydrogen (secondary N) is 1. The van der Waals surface area contributed by atoms with Crippen molar-refractivity contribution < 1.29 is 19.1 Å². The molecule has 1 aliphatic carbocycles. The minimum Gasteiger partial charge on any atom is -0.448 e. The maximum absolute atomic E-state index is 12.6. The monoisotopic (exact) mass is 416 g/mol. The summed E-state index contributed by atoms with van der Waals surface area (Å²) in [5, 5.41) is 2.99. The summed E-state index contributed by atoms with van der Waals surface area (Å²) >= 11 is 0. The molecule has 0 unspecified atom stereocenters. The molecular formula is C22H32N4O4. The van der Waals surface area contributed by atoms with Crippen LogP contribution < -0.4 is 14.8 Å². The molecule has 0 bridgehead atoms. The van der Waals surface area contributed by atoms with E-state index in [1.54, 1.807) is 19.0 Å². The normalized spacial score (nSPS) is 20.9. The van der Waals surface area contributed by atoms with Gasteiger partial charge in [-0.3, -0.25) is 19.4 Å². The average molecular weight is 417 g/mol. The number of hydrogen-bond donors (Lipinski definition) is 1. The van der Waals surface area contributed by atoms with Crippen molar-refractivity contribution in [2.45, 2.75) is 37.9 Å². The molecule has 4 rings (SSSR count). The Balaban J connectivity index is 1.27.